The maximum Gasteiger partial charge on any atom is 0.0341 e. The van der Waals surface area contributed by atoms with Gasteiger partial charge in [0.25, 0.3) is 0 Å². The molecule has 1 N–H and O–H groups in total. The minimum Gasteiger partial charge on any atom is -0.303 e. The lowest BCUT2D eigenvalue weighted by Gasteiger charge is -2.43. The minimum atomic E-state index is -3.41. The molecule has 0 aromatic carbocycles. The summed E-state index contributed by atoms with van der Waals surface area (Å²) in [7, 11) is -3.41. The predicted molar refractivity (Wildman–Crippen MR) is 126 cm³/mol. The van der Waals surface area contributed by atoms with Crippen molar-refractivity contribution < 1.29 is 8.76 Å². The molecule has 166 valence electrons. The summed E-state index contributed by atoms with van der Waals surface area (Å²) in [6, 6.07) is 0. The molecule has 0 atom stereocenters. The number of hydrogen-bond donors (Lipinski definition) is 1. The van der Waals surface area contributed by atoms with Crippen molar-refractivity contribution in [1.82, 2.24) is 0 Å². The zero-order chi connectivity index (χ0) is 20.3. The Bertz CT molecular complexity index is 328. The fourth-order valence-electron chi connectivity index (χ4n) is 3.94. The van der Waals surface area contributed by atoms with Crippen LogP contribution in [0.5, 0.6) is 0 Å². The van der Waals surface area contributed by atoms with Gasteiger partial charge in [-0.15, -0.1) is 0 Å². The van der Waals surface area contributed by atoms with Gasteiger partial charge >= 0.3 is 0 Å². The van der Waals surface area contributed by atoms with E-state index in [9.17, 15) is 8.76 Å². The molecule has 3 heteroatoms. The Morgan fingerprint density at radius 2 is 0.667 bits per heavy atom. The molecule has 0 aromatic rings. The van der Waals surface area contributed by atoms with E-state index in [1.165, 1.54) is 77.0 Å². The molecule has 0 fully saturated rings. The first-order chi connectivity index (χ1) is 13.0. The molecule has 0 amide bonds. The molecule has 0 aliphatic heterocycles. The van der Waals surface area contributed by atoms with E-state index >= 15 is 0 Å². The third-order valence-electron chi connectivity index (χ3n) is 5.88. The zero-order valence-corrected chi connectivity index (χ0v) is 19.9. The highest BCUT2D eigenvalue weighted by Gasteiger charge is 2.26. The molecule has 0 spiro atoms. The van der Waals surface area contributed by atoms with Gasteiger partial charge in [-0.1, -0.05) is 117 Å². The van der Waals surface area contributed by atoms with E-state index in [0.29, 0.717) is 17.3 Å². The Hall–Kier alpha value is 0.110. The fraction of sp³-hybridized carbons (Fsp3) is 1.00. The molecule has 0 saturated carbocycles. The second-order valence-corrected chi connectivity index (χ2v) is 12.9. The lowest BCUT2D eigenvalue weighted by molar-refractivity contribution is 0.493. The summed E-state index contributed by atoms with van der Waals surface area (Å²) in [6.45, 7) is 6.70. The molecule has 0 radical (unpaired) electrons. The lowest BCUT2D eigenvalue weighted by atomic mass is 10.1. The topological polar surface area (TPSA) is 37.3 Å². The molecule has 27 heavy (non-hydrogen) atoms. The van der Waals surface area contributed by atoms with E-state index in [4.69, 9.17) is 0 Å². The van der Waals surface area contributed by atoms with Gasteiger partial charge in [0.15, 0.2) is 0 Å². The summed E-state index contributed by atoms with van der Waals surface area (Å²) in [5, 5.41) is 0. The van der Waals surface area contributed by atoms with Crippen LogP contribution in [0.3, 0.4) is 0 Å². The Balaban J connectivity index is 4.32. The van der Waals surface area contributed by atoms with Crippen molar-refractivity contribution in [2.24, 2.45) is 0 Å². The van der Waals surface area contributed by atoms with E-state index in [-0.39, 0.29) is 0 Å². The van der Waals surface area contributed by atoms with Crippen molar-refractivity contribution in [3.05, 3.63) is 0 Å². The number of unbranched alkanes of at least 4 members (excludes halogenated alkanes) is 15. The monoisotopic (exact) mass is 404 g/mol. The summed E-state index contributed by atoms with van der Waals surface area (Å²) in [4.78, 5) is 0. The fourth-order valence-corrected chi connectivity index (χ4v) is 7.13. The Kier molecular flexibility index (Phi) is 17.1. The molecule has 0 rings (SSSR count). The highest BCUT2D eigenvalue weighted by molar-refractivity contribution is 8.15. The summed E-state index contributed by atoms with van der Waals surface area (Å²) in [5.74, 6) is 1.69. The minimum absolute atomic E-state index is 0.563. The first-order valence-corrected chi connectivity index (χ1v) is 14.8. The van der Waals surface area contributed by atoms with Crippen LogP contribution >= 0.6 is 0 Å². The summed E-state index contributed by atoms with van der Waals surface area (Å²) in [5.41, 5.74) is 0. The van der Waals surface area contributed by atoms with E-state index in [1.54, 1.807) is 0 Å². The summed E-state index contributed by atoms with van der Waals surface area (Å²) >= 11 is 0. The normalized spacial score (nSPS) is 13.6. The molecule has 0 saturated heterocycles. The van der Waals surface area contributed by atoms with Gasteiger partial charge in [0.2, 0.25) is 0 Å². The molecule has 0 aliphatic carbocycles. The van der Waals surface area contributed by atoms with Gasteiger partial charge in [0.1, 0.15) is 0 Å². The predicted octanol–water partition coefficient (Wildman–Crippen LogP) is 8.36. The second-order valence-electron chi connectivity index (χ2n) is 8.84. The van der Waals surface area contributed by atoms with Crippen LogP contribution in [0.15, 0.2) is 0 Å². The van der Waals surface area contributed by atoms with Gasteiger partial charge in [-0.05, 0) is 19.3 Å². The summed E-state index contributed by atoms with van der Waals surface area (Å²) in [6.07, 6.45) is 21.4. The maximum absolute atomic E-state index is 13.6. The first kappa shape index (κ1) is 27.1. The zero-order valence-electron chi connectivity index (χ0n) is 19.1. The van der Waals surface area contributed by atoms with Crippen molar-refractivity contribution in [2.45, 2.75) is 136 Å². The largest absolute Gasteiger partial charge is 0.303 e. The van der Waals surface area contributed by atoms with Gasteiger partial charge in [0.05, 0.1) is 0 Å². The van der Waals surface area contributed by atoms with E-state index in [2.05, 4.69) is 20.8 Å². The second kappa shape index (κ2) is 17.0. The van der Waals surface area contributed by atoms with E-state index in [0.717, 1.165) is 38.5 Å². The van der Waals surface area contributed by atoms with Crippen LogP contribution in [-0.4, -0.2) is 26.0 Å². The lowest BCUT2D eigenvalue weighted by Crippen LogP contribution is -2.43. The van der Waals surface area contributed by atoms with Crippen molar-refractivity contribution in [2.75, 3.05) is 17.3 Å². The number of rotatable bonds is 21. The van der Waals surface area contributed by atoms with Crippen LogP contribution in [-0.2, 0) is 9.35 Å². The molecule has 0 heterocycles. The Morgan fingerprint density at radius 1 is 0.444 bits per heavy atom. The standard InChI is InChI=1S/C24H52O2S/c1-4-7-10-13-16-19-22-27(25,26,23-20-17-14-11-8-5-2)24-21-18-15-12-9-6-3/h4-24H2,1-3H3,(H,25,26). The van der Waals surface area contributed by atoms with Crippen molar-refractivity contribution in [3.8, 4) is 0 Å². The Morgan fingerprint density at radius 3 is 0.926 bits per heavy atom. The Labute approximate surface area is 171 Å². The van der Waals surface area contributed by atoms with Crippen LogP contribution in [0.4, 0.5) is 0 Å². The van der Waals surface area contributed by atoms with Gasteiger partial charge in [-0.3, -0.25) is 0 Å². The van der Waals surface area contributed by atoms with Crippen LogP contribution in [0.25, 0.3) is 0 Å². The van der Waals surface area contributed by atoms with Gasteiger partial charge in [-0.25, -0.2) is 4.21 Å². The third kappa shape index (κ3) is 16.7. The van der Waals surface area contributed by atoms with Gasteiger partial charge < -0.3 is 4.55 Å². The SMILES string of the molecule is CCCCCCCCS(=O)(O)(CCCCCCCC)CCCCCCCC. The van der Waals surface area contributed by atoms with Crippen molar-refractivity contribution in [3.63, 3.8) is 0 Å². The highest BCUT2D eigenvalue weighted by Crippen LogP contribution is 2.28. The first-order valence-electron chi connectivity index (χ1n) is 12.3. The van der Waals surface area contributed by atoms with Crippen molar-refractivity contribution >= 4 is 9.35 Å². The average molecular weight is 405 g/mol. The smallest absolute Gasteiger partial charge is 0.0341 e. The molecular weight excluding hydrogens is 352 g/mol. The van der Waals surface area contributed by atoms with Crippen LogP contribution < -0.4 is 0 Å². The molecule has 0 aromatic heterocycles. The average Bonchev–Trinajstić information content (AvgIpc) is 2.64. The van der Waals surface area contributed by atoms with Crippen molar-refractivity contribution in [1.29, 1.82) is 0 Å². The van der Waals surface area contributed by atoms with Crippen LogP contribution in [0, 0.1) is 0 Å². The van der Waals surface area contributed by atoms with E-state index < -0.39 is 9.35 Å². The number of hydrogen-bond acceptors (Lipinski definition) is 1. The van der Waals surface area contributed by atoms with Crippen LogP contribution in [0.2, 0.25) is 0 Å². The maximum atomic E-state index is 13.6. The third-order valence-corrected chi connectivity index (χ3v) is 9.53. The summed E-state index contributed by atoms with van der Waals surface area (Å²) < 4.78 is 24.8. The van der Waals surface area contributed by atoms with Gasteiger partial charge in [-0.2, -0.15) is 9.35 Å². The molecule has 2 nitrogen and oxygen atoms in total. The molecule has 0 unspecified atom stereocenters. The molecular formula is C24H52O2S. The highest BCUT2D eigenvalue weighted by atomic mass is 32.3. The molecule has 0 bridgehead atoms. The molecule has 0 aliphatic rings. The quantitative estimate of drug-likeness (QED) is 0.195. The van der Waals surface area contributed by atoms with E-state index in [1.807, 2.05) is 0 Å². The van der Waals surface area contributed by atoms with Crippen LogP contribution in [0.1, 0.15) is 136 Å². The van der Waals surface area contributed by atoms with Gasteiger partial charge in [0, 0.05) is 17.3 Å².